The van der Waals surface area contributed by atoms with Crippen molar-refractivity contribution < 1.29 is 61.4 Å². The lowest BCUT2D eigenvalue weighted by Crippen LogP contribution is -2.62. The van der Waals surface area contributed by atoms with Gasteiger partial charge in [-0.25, -0.2) is 18.7 Å². The maximum absolute atomic E-state index is 11.8. The highest BCUT2D eigenvalue weighted by molar-refractivity contribution is 7.66. The average Bonchev–Trinajstić information content (AvgIpc) is 3.12. The average molecular weight is 539 g/mol. The summed E-state index contributed by atoms with van der Waals surface area (Å²) in [4.78, 5) is 48.6. The predicted molar refractivity (Wildman–Crippen MR) is 105 cm³/mol. The van der Waals surface area contributed by atoms with Gasteiger partial charge in [0, 0.05) is 0 Å². The summed E-state index contributed by atoms with van der Waals surface area (Å²) in [6.07, 6.45) is -6.23. The third-order valence-electron chi connectivity index (χ3n) is 4.23. The van der Waals surface area contributed by atoms with E-state index in [2.05, 4.69) is 28.1 Å². The van der Waals surface area contributed by atoms with E-state index in [1.54, 1.807) is 0 Å². The molecule has 0 spiro atoms. The fraction of sp³-hybridized carbons (Fsp3) is 0.700. The largest absolute Gasteiger partial charge is 0.490 e. The van der Waals surface area contributed by atoms with Gasteiger partial charge < -0.3 is 45.2 Å². The van der Waals surface area contributed by atoms with Crippen LogP contribution in [0, 0.1) is 0 Å². The maximum Gasteiger partial charge on any atom is 0.490 e. The summed E-state index contributed by atoms with van der Waals surface area (Å²) in [7, 11) is -16.8. The zero-order valence-corrected chi connectivity index (χ0v) is 18.8. The van der Waals surface area contributed by atoms with Gasteiger partial charge in [0.2, 0.25) is 11.7 Å². The Bertz CT molecular complexity index is 1040. The second kappa shape index (κ2) is 8.80. The third-order valence-corrected chi connectivity index (χ3v) is 8.03. The van der Waals surface area contributed by atoms with Gasteiger partial charge in [0.15, 0.2) is 12.1 Å². The van der Waals surface area contributed by atoms with E-state index in [9.17, 15) is 28.8 Å². The second-order valence-electron chi connectivity index (χ2n) is 6.78. The number of hydrogen-bond donors (Lipinski definition) is 9. The molecule has 0 saturated carbocycles. The number of phosphoric acid groups is 3. The first kappa shape index (κ1) is 26.4. The molecular weight excluding hydrogens is 519 g/mol. The van der Waals surface area contributed by atoms with Gasteiger partial charge in [-0.05, 0) is 0 Å². The SMILES string of the molecule is NC1=NC(N)(N)C2=NCN([C@@H]3O[C@H](COP(=O)(O)OP(=O)(O)OP(=O)(O)O)[C@@H](O)[C@H]3O)C2=N1. The van der Waals surface area contributed by atoms with Crippen LogP contribution >= 0.6 is 23.5 Å². The monoisotopic (exact) mass is 539 g/mol. The first-order chi connectivity index (χ1) is 14.9. The Labute approximate surface area is 183 Å². The van der Waals surface area contributed by atoms with Crippen LogP contribution in [0.5, 0.6) is 0 Å². The van der Waals surface area contributed by atoms with Crippen LogP contribution in [0.1, 0.15) is 0 Å². The van der Waals surface area contributed by atoms with Crippen LogP contribution in [0.15, 0.2) is 15.0 Å². The molecule has 33 heavy (non-hydrogen) atoms. The number of guanidine groups is 1. The van der Waals surface area contributed by atoms with Crippen LogP contribution in [0.25, 0.3) is 0 Å². The summed E-state index contributed by atoms with van der Waals surface area (Å²) in [5.74, 6) is -2.11. The lowest BCUT2D eigenvalue weighted by molar-refractivity contribution is -0.0680. The molecule has 0 aromatic rings. The second-order valence-corrected chi connectivity index (χ2v) is 11.2. The number of aliphatic hydroxyl groups excluding tert-OH is 2. The van der Waals surface area contributed by atoms with Crippen LogP contribution in [0.4, 0.5) is 0 Å². The van der Waals surface area contributed by atoms with Gasteiger partial charge in [-0.15, -0.1) is 0 Å². The minimum absolute atomic E-state index is 0.00251. The molecule has 0 aliphatic carbocycles. The summed E-state index contributed by atoms with van der Waals surface area (Å²) in [5.41, 5.74) is 17.2. The number of nitrogens with zero attached hydrogens (tertiary/aromatic N) is 4. The topological polar surface area (TPSA) is 328 Å². The minimum atomic E-state index is -5.73. The van der Waals surface area contributed by atoms with Crippen molar-refractivity contribution in [1.29, 1.82) is 0 Å². The number of hydrogen-bond acceptors (Lipinski definition) is 16. The molecule has 0 aromatic heterocycles. The van der Waals surface area contributed by atoms with Crippen LogP contribution in [-0.2, 0) is 31.6 Å². The summed E-state index contributed by atoms with van der Waals surface area (Å²) in [6.45, 7) is -1.18. The minimum Gasteiger partial charge on any atom is -0.387 e. The number of ether oxygens (including phenoxy) is 1. The van der Waals surface area contributed by atoms with Crippen molar-refractivity contribution in [3.05, 3.63) is 0 Å². The third kappa shape index (κ3) is 6.09. The molecule has 1 saturated heterocycles. The Kier molecular flexibility index (Phi) is 7.04. The van der Waals surface area contributed by atoms with Gasteiger partial charge in [0.25, 0.3) is 0 Å². The van der Waals surface area contributed by atoms with Gasteiger partial charge in [0.05, 0.1) is 6.61 Å². The Morgan fingerprint density at radius 1 is 1.09 bits per heavy atom. The highest BCUT2D eigenvalue weighted by Gasteiger charge is 2.51. The standard InChI is InChI=1S/C10H20N7O13P3/c11-9-15-7-6(10(12,13)16-9)14-2-17(7)8-5(19)4(18)3(28-8)1-27-32(23,24)30-33(25,26)29-31(20,21)22/h3-5,8,18-19H,1-2,12-13H2,(H2,11,16)(H,23,24)(H,25,26)(H2,20,21,22)/t3-,4-,5-,8-/m1/s1. The lowest BCUT2D eigenvalue weighted by atomic mass is 10.1. The van der Waals surface area contributed by atoms with Crippen molar-refractivity contribution in [3.8, 4) is 0 Å². The molecule has 0 bridgehead atoms. The highest BCUT2D eigenvalue weighted by atomic mass is 31.3. The van der Waals surface area contributed by atoms with Gasteiger partial charge in [-0.2, -0.15) is 13.6 Å². The summed E-state index contributed by atoms with van der Waals surface area (Å²) >= 11 is 0. The van der Waals surface area contributed by atoms with Gasteiger partial charge in [0.1, 0.15) is 30.7 Å². The number of nitrogens with two attached hydrogens (primary N) is 3. The van der Waals surface area contributed by atoms with Crippen molar-refractivity contribution >= 4 is 41.0 Å². The molecule has 3 rings (SSSR count). The van der Waals surface area contributed by atoms with Gasteiger partial charge in [-0.3, -0.25) is 21.0 Å². The molecule has 0 radical (unpaired) electrons. The molecule has 0 aromatic carbocycles. The molecule has 1 fully saturated rings. The molecular formula is C10H20N7O13P3. The lowest BCUT2D eigenvalue weighted by Gasteiger charge is -2.31. The fourth-order valence-electron chi connectivity index (χ4n) is 3.02. The maximum atomic E-state index is 11.8. The van der Waals surface area contributed by atoms with E-state index in [0.717, 1.165) is 0 Å². The van der Waals surface area contributed by atoms with E-state index in [1.807, 2.05) is 0 Å². The molecule has 2 unspecified atom stereocenters. The molecule has 3 aliphatic rings. The molecule has 12 N–H and O–H groups in total. The zero-order valence-electron chi connectivity index (χ0n) is 16.1. The Morgan fingerprint density at radius 2 is 1.73 bits per heavy atom. The van der Waals surface area contributed by atoms with Crippen molar-refractivity contribution in [2.24, 2.45) is 32.2 Å². The zero-order chi connectivity index (χ0) is 25.0. The smallest absolute Gasteiger partial charge is 0.387 e. The van der Waals surface area contributed by atoms with E-state index in [0.29, 0.717) is 0 Å². The van der Waals surface area contributed by atoms with Gasteiger partial charge in [-0.1, -0.05) is 0 Å². The normalized spacial score (nSPS) is 33.0. The van der Waals surface area contributed by atoms with Crippen LogP contribution in [-0.4, -0.2) is 95.8 Å². The number of rotatable bonds is 8. The van der Waals surface area contributed by atoms with Crippen LogP contribution in [0.2, 0.25) is 0 Å². The number of amidine groups is 1. The summed E-state index contributed by atoms with van der Waals surface area (Å²) < 4.78 is 50.8. The first-order valence-corrected chi connectivity index (χ1v) is 13.1. The first-order valence-electron chi connectivity index (χ1n) is 8.54. The molecule has 6 atom stereocenters. The molecule has 188 valence electrons. The Balaban J connectivity index is 1.66. The number of phosphoric ester groups is 1. The van der Waals surface area contributed by atoms with Crippen LogP contribution < -0.4 is 17.2 Å². The van der Waals surface area contributed by atoms with Crippen molar-refractivity contribution in [2.75, 3.05) is 13.3 Å². The van der Waals surface area contributed by atoms with Crippen molar-refractivity contribution in [2.45, 2.75) is 30.3 Å². The molecule has 3 heterocycles. The molecule has 23 heteroatoms. The highest BCUT2D eigenvalue weighted by Crippen LogP contribution is 2.66. The van der Waals surface area contributed by atoms with Crippen LogP contribution in [0.3, 0.4) is 0 Å². The molecule has 3 aliphatic heterocycles. The molecule has 20 nitrogen and oxygen atoms in total. The predicted octanol–water partition coefficient (Wildman–Crippen LogP) is -4.21. The Hall–Kier alpha value is -1.18. The number of aliphatic imine (C=N–C) groups is 3. The van der Waals surface area contributed by atoms with E-state index >= 15 is 0 Å². The quantitative estimate of drug-likeness (QED) is 0.104. The van der Waals surface area contributed by atoms with E-state index in [-0.39, 0.29) is 24.2 Å². The number of aliphatic hydroxyl groups is 2. The number of fused-ring (bicyclic) bond motifs is 1. The summed E-state index contributed by atoms with van der Waals surface area (Å²) in [6, 6.07) is 0. The molecule has 0 amide bonds. The summed E-state index contributed by atoms with van der Waals surface area (Å²) in [5, 5.41) is 20.6. The van der Waals surface area contributed by atoms with Crippen molar-refractivity contribution in [3.63, 3.8) is 0 Å². The Morgan fingerprint density at radius 3 is 2.33 bits per heavy atom. The van der Waals surface area contributed by atoms with E-state index < -0.39 is 60.4 Å². The van der Waals surface area contributed by atoms with E-state index in [4.69, 9.17) is 36.6 Å². The van der Waals surface area contributed by atoms with Crippen molar-refractivity contribution in [1.82, 2.24) is 4.90 Å². The van der Waals surface area contributed by atoms with E-state index in [1.165, 1.54) is 4.90 Å². The van der Waals surface area contributed by atoms with Gasteiger partial charge >= 0.3 is 23.5 Å². The fourth-order valence-corrected chi connectivity index (χ4v) is 6.05.